The number of aliphatic carboxylic acids is 1. The third kappa shape index (κ3) is 16.8. The van der Waals surface area contributed by atoms with Crippen molar-refractivity contribution in [3.63, 3.8) is 0 Å². The molecule has 0 spiro atoms. The zero-order chi connectivity index (χ0) is 18.6. The summed E-state index contributed by atoms with van der Waals surface area (Å²) in [6, 6.07) is 0. The molecule has 0 saturated heterocycles. The van der Waals surface area contributed by atoms with Crippen molar-refractivity contribution in [1.82, 2.24) is 0 Å². The fourth-order valence-electron chi connectivity index (χ4n) is 2.10. The van der Waals surface area contributed by atoms with E-state index in [0.29, 0.717) is 13.0 Å². The SMILES string of the molecule is CCC=CCC=CCC=CCC=CCC=CCCC(OCC)C(=O)O. The minimum atomic E-state index is -0.880. The van der Waals surface area contributed by atoms with Gasteiger partial charge in [-0.05, 0) is 51.9 Å². The van der Waals surface area contributed by atoms with Gasteiger partial charge in [-0.2, -0.15) is 0 Å². The van der Waals surface area contributed by atoms with Crippen molar-refractivity contribution in [1.29, 1.82) is 0 Å². The molecule has 0 rings (SSSR count). The largest absolute Gasteiger partial charge is 0.479 e. The first-order valence-corrected chi connectivity index (χ1v) is 9.31. The zero-order valence-electron chi connectivity index (χ0n) is 15.8. The first kappa shape index (κ1) is 23.1. The minimum Gasteiger partial charge on any atom is -0.479 e. The van der Waals surface area contributed by atoms with Gasteiger partial charge < -0.3 is 9.84 Å². The number of allylic oxidation sites excluding steroid dienone is 10. The zero-order valence-corrected chi connectivity index (χ0v) is 15.8. The molecule has 0 aromatic rings. The molecule has 0 bridgehead atoms. The van der Waals surface area contributed by atoms with E-state index in [4.69, 9.17) is 9.84 Å². The highest BCUT2D eigenvalue weighted by molar-refractivity contribution is 5.72. The van der Waals surface area contributed by atoms with Gasteiger partial charge in [0.05, 0.1) is 0 Å². The molecule has 0 aliphatic rings. The Bertz CT molecular complexity index is 456. The van der Waals surface area contributed by atoms with Crippen LogP contribution in [-0.4, -0.2) is 23.8 Å². The molecule has 0 fully saturated rings. The van der Waals surface area contributed by atoms with Crippen molar-refractivity contribution in [2.24, 2.45) is 0 Å². The third-order valence-corrected chi connectivity index (χ3v) is 3.40. The van der Waals surface area contributed by atoms with Crippen molar-refractivity contribution in [2.75, 3.05) is 6.61 Å². The summed E-state index contributed by atoms with van der Waals surface area (Å²) in [4.78, 5) is 10.9. The van der Waals surface area contributed by atoms with E-state index in [1.807, 2.05) is 13.0 Å². The lowest BCUT2D eigenvalue weighted by Gasteiger charge is -2.10. The fourth-order valence-corrected chi connectivity index (χ4v) is 2.10. The molecule has 0 aromatic heterocycles. The van der Waals surface area contributed by atoms with E-state index in [9.17, 15) is 4.79 Å². The molecule has 1 atom stereocenters. The van der Waals surface area contributed by atoms with Crippen LogP contribution in [0.3, 0.4) is 0 Å². The lowest BCUT2D eigenvalue weighted by atomic mass is 10.2. The van der Waals surface area contributed by atoms with Crippen LogP contribution in [0.5, 0.6) is 0 Å². The summed E-state index contributed by atoms with van der Waals surface area (Å²) >= 11 is 0. The van der Waals surface area contributed by atoms with Crippen molar-refractivity contribution in [3.05, 3.63) is 60.8 Å². The van der Waals surface area contributed by atoms with Gasteiger partial charge in [0.2, 0.25) is 0 Å². The number of ether oxygens (including phenoxy) is 1. The molecule has 0 aliphatic heterocycles. The Morgan fingerprint density at radius 3 is 1.64 bits per heavy atom. The molecular formula is C22H34O3. The van der Waals surface area contributed by atoms with E-state index in [0.717, 1.165) is 38.5 Å². The quantitative estimate of drug-likeness (QED) is 0.369. The summed E-state index contributed by atoms with van der Waals surface area (Å²) in [6.07, 6.45) is 27.0. The van der Waals surface area contributed by atoms with E-state index in [2.05, 4.69) is 61.6 Å². The maximum absolute atomic E-state index is 10.9. The van der Waals surface area contributed by atoms with Crippen LogP contribution in [0.1, 0.15) is 58.8 Å². The lowest BCUT2D eigenvalue weighted by molar-refractivity contribution is -0.150. The molecule has 0 aromatic carbocycles. The Kier molecular flexibility index (Phi) is 17.1. The summed E-state index contributed by atoms with van der Waals surface area (Å²) in [5, 5.41) is 8.96. The lowest BCUT2D eigenvalue weighted by Crippen LogP contribution is -2.23. The molecule has 0 radical (unpaired) electrons. The highest BCUT2D eigenvalue weighted by Gasteiger charge is 2.15. The van der Waals surface area contributed by atoms with Crippen molar-refractivity contribution in [2.45, 2.75) is 64.9 Å². The van der Waals surface area contributed by atoms with E-state index in [1.54, 1.807) is 0 Å². The van der Waals surface area contributed by atoms with Crippen molar-refractivity contribution in [3.8, 4) is 0 Å². The highest BCUT2D eigenvalue weighted by atomic mass is 16.5. The van der Waals surface area contributed by atoms with Crippen molar-refractivity contribution >= 4 is 5.97 Å². The maximum atomic E-state index is 10.9. The first-order chi connectivity index (χ1) is 12.2. The molecule has 0 amide bonds. The van der Waals surface area contributed by atoms with E-state index in [-0.39, 0.29) is 0 Å². The minimum absolute atomic E-state index is 0.433. The van der Waals surface area contributed by atoms with E-state index < -0.39 is 12.1 Å². The topological polar surface area (TPSA) is 46.5 Å². The Labute approximate surface area is 153 Å². The number of carbonyl (C=O) groups is 1. The first-order valence-electron chi connectivity index (χ1n) is 9.31. The number of carboxylic acid groups (broad SMARTS) is 1. The maximum Gasteiger partial charge on any atom is 0.332 e. The molecule has 1 unspecified atom stereocenters. The number of rotatable bonds is 15. The van der Waals surface area contributed by atoms with Gasteiger partial charge in [-0.1, -0.05) is 67.7 Å². The van der Waals surface area contributed by atoms with Crippen LogP contribution in [0.15, 0.2) is 60.8 Å². The molecule has 0 aliphatic carbocycles. The molecule has 140 valence electrons. The van der Waals surface area contributed by atoms with Crippen LogP contribution in [0.2, 0.25) is 0 Å². The van der Waals surface area contributed by atoms with Gasteiger partial charge in [0.15, 0.2) is 6.10 Å². The normalized spacial score (nSPS) is 14.0. The van der Waals surface area contributed by atoms with Crippen LogP contribution in [0.4, 0.5) is 0 Å². The second kappa shape index (κ2) is 18.5. The number of hydrogen-bond donors (Lipinski definition) is 1. The molecular weight excluding hydrogens is 312 g/mol. The second-order valence-electron chi connectivity index (χ2n) is 5.57. The van der Waals surface area contributed by atoms with Gasteiger partial charge in [-0.15, -0.1) is 0 Å². The summed E-state index contributed by atoms with van der Waals surface area (Å²) in [5.74, 6) is -0.880. The van der Waals surface area contributed by atoms with Gasteiger partial charge >= 0.3 is 5.97 Å². The van der Waals surface area contributed by atoms with Crippen LogP contribution < -0.4 is 0 Å². The van der Waals surface area contributed by atoms with Gasteiger partial charge in [0.25, 0.3) is 0 Å². The number of carboxylic acids is 1. The van der Waals surface area contributed by atoms with Gasteiger partial charge in [-0.3, -0.25) is 0 Å². The molecule has 25 heavy (non-hydrogen) atoms. The van der Waals surface area contributed by atoms with E-state index in [1.165, 1.54) is 0 Å². The molecule has 3 heteroatoms. The standard InChI is InChI=1S/C22H34O3/c1-3-5-6-7-8-9-10-11-12-13-14-15-16-17-18-19-20-21(22(23)24)25-4-2/h5-6,8-9,11-12,14-15,17-18,21H,3-4,7,10,13,16,19-20H2,1-2H3,(H,23,24). The summed E-state index contributed by atoms with van der Waals surface area (Å²) < 4.78 is 5.16. The van der Waals surface area contributed by atoms with E-state index >= 15 is 0 Å². The number of hydrogen-bond acceptors (Lipinski definition) is 2. The Morgan fingerprint density at radius 1 is 0.800 bits per heavy atom. The van der Waals surface area contributed by atoms with Gasteiger partial charge in [-0.25, -0.2) is 4.79 Å². The second-order valence-corrected chi connectivity index (χ2v) is 5.57. The average molecular weight is 347 g/mol. The Morgan fingerprint density at radius 2 is 1.24 bits per heavy atom. The smallest absolute Gasteiger partial charge is 0.332 e. The van der Waals surface area contributed by atoms with Gasteiger partial charge in [0.1, 0.15) is 0 Å². The Hall–Kier alpha value is -1.87. The molecule has 0 heterocycles. The molecule has 0 saturated carbocycles. The predicted molar refractivity (Wildman–Crippen MR) is 107 cm³/mol. The van der Waals surface area contributed by atoms with Crippen molar-refractivity contribution < 1.29 is 14.6 Å². The van der Waals surface area contributed by atoms with Crippen LogP contribution in [0.25, 0.3) is 0 Å². The molecule has 3 nitrogen and oxygen atoms in total. The molecule has 1 N–H and O–H groups in total. The van der Waals surface area contributed by atoms with Crippen LogP contribution >= 0.6 is 0 Å². The van der Waals surface area contributed by atoms with Crippen LogP contribution in [-0.2, 0) is 9.53 Å². The summed E-state index contributed by atoms with van der Waals surface area (Å²) in [5.41, 5.74) is 0. The predicted octanol–water partition coefficient (Wildman–Crippen LogP) is 6.01. The summed E-state index contributed by atoms with van der Waals surface area (Å²) in [7, 11) is 0. The van der Waals surface area contributed by atoms with Gasteiger partial charge in [0, 0.05) is 6.61 Å². The van der Waals surface area contributed by atoms with Crippen LogP contribution in [0, 0.1) is 0 Å². The monoisotopic (exact) mass is 346 g/mol. The third-order valence-electron chi connectivity index (χ3n) is 3.40. The average Bonchev–Trinajstić information content (AvgIpc) is 2.60. The summed E-state index contributed by atoms with van der Waals surface area (Å²) in [6.45, 7) is 4.39. The highest BCUT2D eigenvalue weighted by Crippen LogP contribution is 2.04. The fraction of sp³-hybridized carbons (Fsp3) is 0.500. The Balaban J connectivity index is 3.66.